The summed E-state index contributed by atoms with van der Waals surface area (Å²) in [7, 11) is 0. The van der Waals surface area contributed by atoms with Gasteiger partial charge in [-0.05, 0) is 50.4 Å². The van der Waals surface area contributed by atoms with Gasteiger partial charge >= 0.3 is 0 Å². The van der Waals surface area contributed by atoms with Crippen LogP contribution in [0.15, 0.2) is 18.2 Å². The monoisotopic (exact) mass is 248 g/mol. The maximum Gasteiger partial charge on any atom is 0.0304 e. The second kappa shape index (κ2) is 6.35. The molecule has 0 fully saturated rings. The molecule has 1 unspecified atom stereocenters. The van der Waals surface area contributed by atoms with E-state index in [9.17, 15) is 0 Å². The van der Waals surface area contributed by atoms with Crippen LogP contribution in [0.4, 0.5) is 0 Å². The first kappa shape index (κ1) is 15.2. The number of rotatable bonds is 6. The molecule has 2 N–H and O–H groups in total. The zero-order valence-electron chi connectivity index (χ0n) is 12.6. The Kier molecular flexibility index (Phi) is 5.36. The van der Waals surface area contributed by atoms with Crippen molar-refractivity contribution in [3.63, 3.8) is 0 Å². The van der Waals surface area contributed by atoms with E-state index in [1.165, 1.54) is 16.7 Å². The fraction of sp³-hybridized carbons (Fsp3) is 0.625. The Bertz CT molecular complexity index is 381. The highest BCUT2D eigenvalue weighted by Gasteiger charge is 2.27. The van der Waals surface area contributed by atoms with Crippen LogP contribution in [0.3, 0.4) is 0 Å². The van der Waals surface area contributed by atoms with Crippen LogP contribution in [0, 0.1) is 13.8 Å². The summed E-state index contributed by atoms with van der Waals surface area (Å²) in [6.07, 6.45) is 1.09. The third-order valence-electron chi connectivity index (χ3n) is 4.29. The summed E-state index contributed by atoms with van der Waals surface area (Å²) in [6.45, 7) is 13.8. The largest absolute Gasteiger partial charge is 0.329 e. The molecule has 0 saturated heterocycles. The van der Waals surface area contributed by atoms with Crippen molar-refractivity contribution in [2.24, 2.45) is 5.73 Å². The number of aryl methyl sites for hydroxylation is 2. The third kappa shape index (κ3) is 3.33. The smallest absolute Gasteiger partial charge is 0.0304 e. The Morgan fingerprint density at radius 1 is 1.17 bits per heavy atom. The summed E-state index contributed by atoms with van der Waals surface area (Å²) in [5.74, 6) is 0. The number of hydrogen-bond acceptors (Lipinski definition) is 2. The van der Waals surface area contributed by atoms with Crippen molar-refractivity contribution in [1.29, 1.82) is 0 Å². The number of likely N-dealkylation sites (N-methyl/N-ethyl adjacent to an activating group) is 1. The molecule has 0 amide bonds. The summed E-state index contributed by atoms with van der Waals surface area (Å²) >= 11 is 0. The molecule has 0 aliphatic carbocycles. The van der Waals surface area contributed by atoms with Crippen molar-refractivity contribution in [1.82, 2.24) is 4.90 Å². The molecule has 0 aliphatic heterocycles. The maximum absolute atomic E-state index is 5.96. The Labute approximate surface area is 112 Å². The molecule has 2 heteroatoms. The summed E-state index contributed by atoms with van der Waals surface area (Å²) in [5.41, 5.74) is 10.2. The van der Waals surface area contributed by atoms with Gasteiger partial charge in [0.15, 0.2) is 0 Å². The quantitative estimate of drug-likeness (QED) is 0.837. The minimum absolute atomic E-state index is 0.105. The van der Waals surface area contributed by atoms with Crippen molar-refractivity contribution in [3.05, 3.63) is 34.9 Å². The van der Waals surface area contributed by atoms with Gasteiger partial charge in [0.2, 0.25) is 0 Å². The molecule has 2 nitrogen and oxygen atoms in total. The van der Waals surface area contributed by atoms with E-state index in [1.807, 2.05) is 0 Å². The van der Waals surface area contributed by atoms with Gasteiger partial charge in [-0.25, -0.2) is 0 Å². The predicted molar refractivity (Wildman–Crippen MR) is 79.8 cm³/mol. The van der Waals surface area contributed by atoms with Crippen molar-refractivity contribution in [3.8, 4) is 0 Å². The van der Waals surface area contributed by atoms with Crippen molar-refractivity contribution in [2.75, 3.05) is 13.1 Å². The lowest BCUT2D eigenvalue weighted by atomic mass is 9.95. The lowest BCUT2D eigenvalue weighted by Crippen LogP contribution is -2.50. The number of nitrogens with two attached hydrogens (primary N) is 1. The van der Waals surface area contributed by atoms with Gasteiger partial charge in [-0.15, -0.1) is 0 Å². The Hall–Kier alpha value is -0.860. The Morgan fingerprint density at radius 2 is 1.83 bits per heavy atom. The molecule has 102 valence electrons. The Balaban J connectivity index is 2.88. The molecule has 0 aliphatic rings. The maximum atomic E-state index is 5.96. The molecule has 0 heterocycles. The highest BCUT2D eigenvalue weighted by atomic mass is 15.2. The van der Waals surface area contributed by atoms with E-state index in [2.05, 4.69) is 57.7 Å². The summed E-state index contributed by atoms with van der Waals surface area (Å²) in [6, 6.07) is 6.74. The predicted octanol–water partition coefficient (Wildman–Crippen LogP) is 3.25. The normalized spacial score (nSPS) is 14.8. The van der Waals surface area contributed by atoms with Crippen LogP contribution in [0.5, 0.6) is 0 Å². The van der Waals surface area contributed by atoms with Crippen LogP contribution in [-0.2, 0) is 6.54 Å². The first-order valence-electron chi connectivity index (χ1n) is 6.98. The topological polar surface area (TPSA) is 29.3 Å². The highest BCUT2D eigenvalue weighted by Crippen LogP contribution is 2.21. The van der Waals surface area contributed by atoms with Crippen LogP contribution < -0.4 is 5.73 Å². The van der Waals surface area contributed by atoms with Crippen LogP contribution in [0.2, 0.25) is 0 Å². The van der Waals surface area contributed by atoms with Gasteiger partial charge < -0.3 is 5.73 Å². The molecule has 1 rings (SSSR count). The lowest BCUT2D eigenvalue weighted by Gasteiger charge is -2.39. The van der Waals surface area contributed by atoms with Gasteiger partial charge in [0.1, 0.15) is 0 Å². The minimum atomic E-state index is 0.105. The highest BCUT2D eigenvalue weighted by molar-refractivity contribution is 5.30. The molecule has 18 heavy (non-hydrogen) atoms. The zero-order chi connectivity index (χ0) is 13.8. The SMILES string of the molecule is CCN(Cc1ccc(C)c(C)c1)C(C)(CC)CN. The number of benzene rings is 1. The fourth-order valence-electron chi connectivity index (χ4n) is 2.30. The molecular formula is C16H28N2. The number of nitrogens with zero attached hydrogens (tertiary/aromatic N) is 1. The minimum Gasteiger partial charge on any atom is -0.329 e. The van der Waals surface area contributed by atoms with E-state index >= 15 is 0 Å². The standard InChI is InChI=1S/C16H28N2/c1-6-16(5,12-17)18(7-2)11-15-9-8-13(3)14(4)10-15/h8-10H,6-7,11-12,17H2,1-5H3. The number of hydrogen-bond donors (Lipinski definition) is 1. The molecule has 0 radical (unpaired) electrons. The first-order valence-corrected chi connectivity index (χ1v) is 6.98. The summed E-state index contributed by atoms with van der Waals surface area (Å²) in [4.78, 5) is 2.48. The molecule has 0 saturated carbocycles. The first-order chi connectivity index (χ1) is 8.46. The van der Waals surface area contributed by atoms with Gasteiger partial charge in [0.05, 0.1) is 0 Å². The Morgan fingerprint density at radius 3 is 2.28 bits per heavy atom. The van der Waals surface area contributed by atoms with Crippen molar-refractivity contribution >= 4 is 0 Å². The zero-order valence-corrected chi connectivity index (χ0v) is 12.6. The average molecular weight is 248 g/mol. The van der Waals surface area contributed by atoms with Crippen molar-refractivity contribution in [2.45, 2.75) is 53.1 Å². The van der Waals surface area contributed by atoms with Crippen LogP contribution in [0.1, 0.15) is 43.9 Å². The molecule has 0 bridgehead atoms. The second-order valence-electron chi connectivity index (χ2n) is 5.49. The van der Waals surface area contributed by atoms with E-state index < -0.39 is 0 Å². The molecule has 1 aromatic carbocycles. The molecule has 1 atom stereocenters. The summed E-state index contributed by atoms with van der Waals surface area (Å²) in [5, 5.41) is 0. The molecular weight excluding hydrogens is 220 g/mol. The van der Waals surface area contributed by atoms with Crippen LogP contribution >= 0.6 is 0 Å². The van der Waals surface area contributed by atoms with Gasteiger partial charge in [0.25, 0.3) is 0 Å². The van der Waals surface area contributed by atoms with E-state index in [-0.39, 0.29) is 5.54 Å². The van der Waals surface area contributed by atoms with Gasteiger partial charge in [-0.1, -0.05) is 32.0 Å². The second-order valence-corrected chi connectivity index (χ2v) is 5.49. The summed E-state index contributed by atoms with van der Waals surface area (Å²) < 4.78 is 0. The third-order valence-corrected chi connectivity index (χ3v) is 4.29. The van der Waals surface area contributed by atoms with E-state index in [0.29, 0.717) is 6.54 Å². The van der Waals surface area contributed by atoms with Gasteiger partial charge in [-0.2, -0.15) is 0 Å². The van der Waals surface area contributed by atoms with Crippen molar-refractivity contribution < 1.29 is 0 Å². The fourth-order valence-corrected chi connectivity index (χ4v) is 2.30. The molecule has 0 spiro atoms. The van der Waals surface area contributed by atoms with E-state index in [1.54, 1.807) is 0 Å². The van der Waals surface area contributed by atoms with E-state index in [4.69, 9.17) is 5.73 Å². The van der Waals surface area contributed by atoms with Crippen LogP contribution in [-0.4, -0.2) is 23.5 Å². The lowest BCUT2D eigenvalue weighted by molar-refractivity contribution is 0.104. The van der Waals surface area contributed by atoms with Gasteiger partial charge in [0, 0.05) is 18.6 Å². The average Bonchev–Trinajstić information content (AvgIpc) is 2.39. The van der Waals surface area contributed by atoms with Gasteiger partial charge in [-0.3, -0.25) is 4.90 Å². The molecule has 1 aromatic rings. The molecule has 0 aromatic heterocycles. The van der Waals surface area contributed by atoms with E-state index in [0.717, 1.165) is 19.5 Å². The van der Waals surface area contributed by atoms with Crippen LogP contribution in [0.25, 0.3) is 0 Å².